The Morgan fingerprint density at radius 1 is 0.346 bits per heavy atom. The summed E-state index contributed by atoms with van der Waals surface area (Å²) in [6.07, 6.45) is 2.30. The summed E-state index contributed by atoms with van der Waals surface area (Å²) in [5.41, 5.74) is 31.1. The van der Waals surface area contributed by atoms with E-state index in [2.05, 4.69) is 354 Å². The molecule has 2 aromatic heterocycles. The van der Waals surface area contributed by atoms with Gasteiger partial charge in [-0.2, -0.15) is 0 Å². The highest BCUT2D eigenvalue weighted by molar-refractivity contribution is 8.00. The molecule has 0 saturated heterocycles. The molecule has 21 rings (SSSR count). The molecule has 6 heterocycles. The number of fused-ring (bicyclic) bond motifs is 15. The fraction of sp³-hybridized carbons (Fsp3) is 0.125. The van der Waals surface area contributed by atoms with E-state index in [9.17, 15) is 0 Å². The largest absolute Gasteiger partial charge is 0.458 e. The number of rotatable bonds is 7. The fourth-order valence-corrected chi connectivity index (χ4v) is 19.6. The lowest BCUT2D eigenvalue weighted by Crippen LogP contribution is -2.59. The van der Waals surface area contributed by atoms with Gasteiger partial charge in [0, 0.05) is 65.2 Å². The SMILES string of the molecule is CC(C)(C)c1ccc2c(c1)Oc1cc(-c3cc4c5c(c3)N(c3ccc(-c6cccc7c6C(C)(C)CCC7(C)C)cc3)c3cc(-n6c7ccc(-c8ccccc8)cc7c7cc(-c8ccccc8)ccc76)ccc3B5c3ccc(-n5c6ccccc6c6ccccc65)cc3S4)cc3c1B2c1ccccc1O3. The van der Waals surface area contributed by atoms with E-state index < -0.39 is 0 Å². The van der Waals surface area contributed by atoms with Crippen molar-refractivity contribution in [3.05, 3.63) is 308 Å². The average molecular weight is 1350 g/mol. The topological polar surface area (TPSA) is 31.6 Å². The Hall–Kier alpha value is -11.4. The zero-order valence-electron chi connectivity index (χ0n) is 59.3. The Balaban J connectivity index is 0.816. The third kappa shape index (κ3) is 9.29. The fourth-order valence-electron chi connectivity index (χ4n) is 18.4. The number of hydrogen-bond acceptors (Lipinski definition) is 4. The minimum Gasteiger partial charge on any atom is -0.458 e. The van der Waals surface area contributed by atoms with Crippen molar-refractivity contribution in [2.24, 2.45) is 0 Å². The molecule has 0 unspecified atom stereocenters. The molecule has 8 heteroatoms. The van der Waals surface area contributed by atoms with E-state index in [0.717, 1.165) is 103 Å². The van der Waals surface area contributed by atoms with Gasteiger partial charge < -0.3 is 23.5 Å². The molecule has 1 aliphatic carbocycles. The van der Waals surface area contributed by atoms with Gasteiger partial charge in [0.2, 0.25) is 6.71 Å². The van der Waals surface area contributed by atoms with Crippen LogP contribution in [0.4, 0.5) is 17.1 Å². The summed E-state index contributed by atoms with van der Waals surface area (Å²) in [6, 6.07) is 110. The first-order valence-electron chi connectivity index (χ1n) is 36.8. The van der Waals surface area contributed by atoms with Gasteiger partial charge in [-0.05, 0) is 221 Å². The van der Waals surface area contributed by atoms with Crippen LogP contribution in [0.15, 0.2) is 301 Å². The van der Waals surface area contributed by atoms with E-state index >= 15 is 0 Å². The first kappa shape index (κ1) is 61.2. The molecule has 0 N–H and O–H groups in total. The van der Waals surface area contributed by atoms with E-state index in [4.69, 9.17) is 9.47 Å². The number of benzene rings is 14. The molecule has 496 valence electrons. The Labute approximate surface area is 612 Å². The maximum atomic E-state index is 7.30. The van der Waals surface area contributed by atoms with Gasteiger partial charge >= 0.3 is 0 Å². The van der Waals surface area contributed by atoms with Crippen LogP contribution in [0.5, 0.6) is 23.0 Å². The maximum absolute atomic E-state index is 7.30. The monoisotopic (exact) mass is 1350 g/mol. The van der Waals surface area contributed by atoms with E-state index in [1.165, 1.54) is 109 Å². The smallest absolute Gasteiger partial charge is 0.260 e. The summed E-state index contributed by atoms with van der Waals surface area (Å²) >= 11 is 1.90. The van der Waals surface area contributed by atoms with Crippen molar-refractivity contribution in [3.63, 3.8) is 0 Å². The summed E-state index contributed by atoms with van der Waals surface area (Å²) in [6.45, 7) is 16.4. The van der Waals surface area contributed by atoms with Gasteiger partial charge in [0.05, 0.1) is 22.1 Å². The molecule has 0 atom stereocenters. The second-order valence-corrected chi connectivity index (χ2v) is 32.8. The molecule has 0 fully saturated rings. The Bertz CT molecular complexity index is 6190. The number of anilines is 3. The molecule has 104 heavy (non-hydrogen) atoms. The first-order chi connectivity index (χ1) is 50.7. The van der Waals surface area contributed by atoms with Crippen molar-refractivity contribution in [3.8, 4) is 78.9 Å². The number of ether oxygens (including phenoxy) is 2. The lowest BCUT2D eigenvalue weighted by atomic mass is 9.34. The van der Waals surface area contributed by atoms with Crippen LogP contribution in [-0.4, -0.2) is 22.6 Å². The van der Waals surface area contributed by atoms with Crippen LogP contribution >= 0.6 is 11.8 Å². The van der Waals surface area contributed by atoms with Crippen molar-refractivity contribution in [2.75, 3.05) is 4.90 Å². The summed E-state index contributed by atoms with van der Waals surface area (Å²) in [5.74, 6) is 3.41. The van der Waals surface area contributed by atoms with Gasteiger partial charge in [0.25, 0.3) is 6.71 Å². The van der Waals surface area contributed by atoms with Crippen LogP contribution in [0.25, 0.3) is 99.5 Å². The normalized spacial score (nSPS) is 14.8. The summed E-state index contributed by atoms with van der Waals surface area (Å²) < 4.78 is 19.4. The maximum Gasteiger partial charge on any atom is 0.260 e. The molecule has 5 nitrogen and oxygen atoms in total. The van der Waals surface area contributed by atoms with Gasteiger partial charge in [-0.3, -0.25) is 0 Å². The second kappa shape index (κ2) is 22.5. The molecule has 4 aliphatic heterocycles. The van der Waals surface area contributed by atoms with Gasteiger partial charge in [0.1, 0.15) is 23.0 Å². The summed E-state index contributed by atoms with van der Waals surface area (Å²) in [5, 5.41) is 4.91. The molecule has 0 radical (unpaired) electrons. The number of para-hydroxylation sites is 3. The van der Waals surface area contributed by atoms with Crippen molar-refractivity contribution in [2.45, 2.75) is 87.3 Å². The standard InChI is InChI=1S/C96H73B2N3O2S/c1-94(2,3)65-37-42-77-86(55-65)103-88-53-64(52-87-93(88)98(77)76-29-16-19-32-85(76)102-87)63-51-84-92-90(54-63)104-89-57-68(101-79-30-17-14-25-70(79)71-26-15-18-31-80(71)101)41-44-78(89)97(92)75-43-40-67(56-83(75)99(84)66-38-33-60(34-39-66)69-27-20-28-74-91(69)96(6,7)48-47-95(74,4)5)100-81-45-35-61(58-21-10-8-11-22-58)49-72(81)73-50-62(36-46-82(73)100)59-23-12-9-13-24-59/h8-46,49-57H,47-48H2,1-7H3. The van der Waals surface area contributed by atoms with Gasteiger partial charge in [-0.15, -0.1) is 0 Å². The van der Waals surface area contributed by atoms with Gasteiger partial charge in [-0.1, -0.05) is 248 Å². The second-order valence-electron chi connectivity index (χ2n) is 31.8. The van der Waals surface area contributed by atoms with Crippen LogP contribution in [0.3, 0.4) is 0 Å². The number of nitrogens with zero attached hydrogens (tertiary/aromatic N) is 3. The highest BCUT2D eigenvalue weighted by atomic mass is 32.2. The van der Waals surface area contributed by atoms with Crippen LogP contribution in [0.1, 0.15) is 78.0 Å². The Morgan fingerprint density at radius 3 is 1.56 bits per heavy atom. The number of hydrogen-bond donors (Lipinski definition) is 0. The third-order valence-corrected chi connectivity index (χ3v) is 24.8. The minimum atomic E-state index is -0.124. The Morgan fingerprint density at radius 2 is 0.885 bits per heavy atom. The van der Waals surface area contributed by atoms with Crippen molar-refractivity contribution in [1.82, 2.24) is 9.13 Å². The van der Waals surface area contributed by atoms with Crippen LogP contribution < -0.4 is 47.2 Å². The molecule has 14 aromatic carbocycles. The molecule has 5 aliphatic rings. The average Bonchev–Trinajstić information content (AvgIpc) is 0.745. The molecular weight excluding hydrogens is 1280 g/mol. The van der Waals surface area contributed by atoms with Gasteiger partial charge in [0.15, 0.2) is 0 Å². The molecular formula is C96H73B2N3O2S. The zero-order chi connectivity index (χ0) is 69.6. The predicted octanol–water partition coefficient (Wildman–Crippen LogP) is 21.7. The highest BCUT2D eigenvalue weighted by Gasteiger charge is 2.45. The first-order valence-corrected chi connectivity index (χ1v) is 37.6. The number of aromatic nitrogens is 2. The highest BCUT2D eigenvalue weighted by Crippen LogP contribution is 2.52. The van der Waals surface area contributed by atoms with Gasteiger partial charge in [-0.25, -0.2) is 0 Å². The van der Waals surface area contributed by atoms with Crippen LogP contribution in [0.2, 0.25) is 0 Å². The lowest BCUT2D eigenvalue weighted by molar-refractivity contribution is 0.333. The van der Waals surface area contributed by atoms with E-state index in [1.54, 1.807) is 0 Å². The van der Waals surface area contributed by atoms with Crippen LogP contribution in [0, 0.1) is 0 Å². The predicted molar refractivity (Wildman–Crippen MR) is 438 cm³/mol. The molecule has 0 spiro atoms. The third-order valence-electron chi connectivity index (χ3n) is 23.7. The van der Waals surface area contributed by atoms with Crippen molar-refractivity contribution < 1.29 is 9.47 Å². The van der Waals surface area contributed by atoms with Crippen molar-refractivity contribution in [1.29, 1.82) is 0 Å². The van der Waals surface area contributed by atoms with E-state index in [1.807, 2.05) is 11.8 Å². The molecule has 16 aromatic rings. The minimum absolute atomic E-state index is 0.0162. The summed E-state index contributed by atoms with van der Waals surface area (Å²) in [7, 11) is 0. The molecule has 0 bridgehead atoms. The molecule has 0 amide bonds. The van der Waals surface area contributed by atoms with E-state index in [0.29, 0.717) is 0 Å². The Kier molecular flexibility index (Phi) is 13.3. The van der Waals surface area contributed by atoms with Crippen LogP contribution in [-0.2, 0) is 16.2 Å². The molecule has 0 saturated carbocycles. The summed E-state index contributed by atoms with van der Waals surface area (Å²) in [4.78, 5) is 5.06. The van der Waals surface area contributed by atoms with Crippen molar-refractivity contribution >= 4 is 119 Å². The lowest BCUT2D eigenvalue weighted by Gasteiger charge is -2.43. The quantitative estimate of drug-likeness (QED) is 0.149. The van der Waals surface area contributed by atoms with E-state index in [-0.39, 0.29) is 29.7 Å². The zero-order valence-corrected chi connectivity index (χ0v) is 60.2.